The maximum atomic E-state index is 5.72. The van der Waals surface area contributed by atoms with Gasteiger partial charge in [0, 0.05) is 19.2 Å². The van der Waals surface area contributed by atoms with Gasteiger partial charge in [0.25, 0.3) is 0 Å². The summed E-state index contributed by atoms with van der Waals surface area (Å²) in [7, 11) is 0. The van der Waals surface area contributed by atoms with E-state index in [1.807, 2.05) is 12.4 Å². The fourth-order valence-corrected chi connectivity index (χ4v) is 2.91. The summed E-state index contributed by atoms with van der Waals surface area (Å²) in [5.74, 6) is 2.54. The Balaban J connectivity index is 2.16. The van der Waals surface area contributed by atoms with Crippen LogP contribution in [0.2, 0.25) is 0 Å². The second kappa shape index (κ2) is 6.84. The van der Waals surface area contributed by atoms with Crippen LogP contribution >= 0.6 is 0 Å². The van der Waals surface area contributed by atoms with Crippen molar-refractivity contribution in [2.75, 3.05) is 6.54 Å². The van der Waals surface area contributed by atoms with E-state index >= 15 is 0 Å². The molecule has 1 unspecified atom stereocenters. The molecule has 0 aliphatic carbocycles. The highest BCUT2D eigenvalue weighted by molar-refractivity contribution is 5.74. The number of rotatable bonds is 7. The van der Waals surface area contributed by atoms with E-state index in [9.17, 15) is 0 Å². The smallest absolute Gasteiger partial charge is 0.109 e. The van der Waals surface area contributed by atoms with Crippen LogP contribution in [0.1, 0.15) is 39.4 Å². The molecule has 2 aromatic heterocycles. The van der Waals surface area contributed by atoms with E-state index in [0.29, 0.717) is 11.8 Å². The molecule has 0 fully saturated rings. The monoisotopic (exact) mass is 274 g/mol. The lowest BCUT2D eigenvalue weighted by atomic mass is 9.88. The van der Waals surface area contributed by atoms with E-state index in [1.165, 1.54) is 11.3 Å². The molecule has 0 aliphatic rings. The highest BCUT2D eigenvalue weighted by atomic mass is 15.1. The molecule has 0 radical (unpaired) electrons. The van der Waals surface area contributed by atoms with E-state index in [4.69, 9.17) is 10.7 Å². The van der Waals surface area contributed by atoms with Crippen LogP contribution in [0, 0.1) is 11.8 Å². The Labute approximate surface area is 121 Å². The SMILES string of the molecule is CCn1c(CCC(CCN)C(C)C)nc2cnccc21. The largest absolute Gasteiger partial charge is 0.330 e. The summed E-state index contributed by atoms with van der Waals surface area (Å²) in [6.07, 6.45) is 6.97. The molecule has 2 N–H and O–H groups in total. The zero-order valence-corrected chi connectivity index (χ0v) is 12.8. The molecule has 0 aromatic carbocycles. The lowest BCUT2D eigenvalue weighted by Gasteiger charge is -2.20. The van der Waals surface area contributed by atoms with E-state index in [1.54, 1.807) is 0 Å². The zero-order chi connectivity index (χ0) is 14.5. The number of hydrogen-bond acceptors (Lipinski definition) is 3. The third-order valence-electron chi connectivity index (χ3n) is 4.16. The van der Waals surface area contributed by atoms with E-state index < -0.39 is 0 Å². The van der Waals surface area contributed by atoms with Crippen molar-refractivity contribution in [3.63, 3.8) is 0 Å². The molecule has 0 saturated heterocycles. The Morgan fingerprint density at radius 1 is 1.30 bits per heavy atom. The molecule has 2 rings (SSSR count). The third-order valence-corrected chi connectivity index (χ3v) is 4.16. The Morgan fingerprint density at radius 2 is 2.10 bits per heavy atom. The van der Waals surface area contributed by atoms with Gasteiger partial charge in [-0.2, -0.15) is 0 Å². The first-order valence-electron chi connectivity index (χ1n) is 7.66. The van der Waals surface area contributed by atoms with Gasteiger partial charge in [0.05, 0.1) is 11.7 Å². The minimum absolute atomic E-state index is 0.680. The van der Waals surface area contributed by atoms with Crippen molar-refractivity contribution >= 4 is 11.0 Å². The Bertz CT molecular complexity index is 544. The molecule has 110 valence electrons. The normalized spacial score (nSPS) is 13.2. The quantitative estimate of drug-likeness (QED) is 0.844. The van der Waals surface area contributed by atoms with Crippen LogP contribution in [-0.4, -0.2) is 21.1 Å². The fraction of sp³-hybridized carbons (Fsp3) is 0.625. The number of pyridine rings is 1. The average Bonchev–Trinajstić information content (AvgIpc) is 2.80. The van der Waals surface area contributed by atoms with Gasteiger partial charge in [0.15, 0.2) is 0 Å². The van der Waals surface area contributed by atoms with Gasteiger partial charge >= 0.3 is 0 Å². The summed E-state index contributed by atoms with van der Waals surface area (Å²) in [6, 6.07) is 2.05. The van der Waals surface area contributed by atoms with Gasteiger partial charge in [-0.05, 0) is 44.2 Å². The molecular formula is C16H26N4. The second-order valence-corrected chi connectivity index (χ2v) is 5.76. The maximum absolute atomic E-state index is 5.72. The molecule has 1 atom stereocenters. The predicted octanol–water partition coefficient (Wildman–Crippen LogP) is 3.00. The minimum Gasteiger partial charge on any atom is -0.330 e. The standard InChI is InChI=1S/C16H26N4/c1-4-20-15-8-10-18-11-14(15)19-16(20)6-5-13(7-9-17)12(2)3/h8,10-13H,4-7,9,17H2,1-3H3. The van der Waals surface area contributed by atoms with Crippen LogP contribution in [0.5, 0.6) is 0 Å². The molecule has 0 saturated carbocycles. The average molecular weight is 274 g/mol. The Morgan fingerprint density at radius 3 is 2.75 bits per heavy atom. The first-order chi connectivity index (χ1) is 9.67. The third kappa shape index (κ3) is 3.18. The molecule has 20 heavy (non-hydrogen) atoms. The molecule has 0 amide bonds. The molecule has 4 nitrogen and oxygen atoms in total. The number of aryl methyl sites for hydroxylation is 2. The summed E-state index contributed by atoms with van der Waals surface area (Å²) in [5.41, 5.74) is 7.92. The summed E-state index contributed by atoms with van der Waals surface area (Å²) >= 11 is 0. The van der Waals surface area contributed by atoms with Crippen molar-refractivity contribution in [1.29, 1.82) is 0 Å². The molecule has 2 heterocycles. The van der Waals surface area contributed by atoms with Gasteiger partial charge in [-0.3, -0.25) is 4.98 Å². The van der Waals surface area contributed by atoms with Crippen molar-refractivity contribution in [3.05, 3.63) is 24.3 Å². The maximum Gasteiger partial charge on any atom is 0.109 e. The summed E-state index contributed by atoms with van der Waals surface area (Å²) in [5, 5.41) is 0. The molecule has 0 aliphatic heterocycles. The number of fused-ring (bicyclic) bond motifs is 1. The lowest BCUT2D eigenvalue weighted by molar-refractivity contribution is 0.338. The van der Waals surface area contributed by atoms with Crippen LogP contribution in [0.15, 0.2) is 18.5 Å². The number of aromatic nitrogens is 3. The van der Waals surface area contributed by atoms with Crippen molar-refractivity contribution in [3.8, 4) is 0 Å². The van der Waals surface area contributed by atoms with E-state index in [0.717, 1.165) is 37.9 Å². The number of nitrogens with two attached hydrogens (primary N) is 1. The number of imidazole rings is 1. The fourth-order valence-electron chi connectivity index (χ4n) is 2.91. The van der Waals surface area contributed by atoms with E-state index in [-0.39, 0.29) is 0 Å². The van der Waals surface area contributed by atoms with Crippen molar-refractivity contribution in [2.45, 2.75) is 46.6 Å². The van der Waals surface area contributed by atoms with Gasteiger partial charge in [0.1, 0.15) is 11.3 Å². The second-order valence-electron chi connectivity index (χ2n) is 5.76. The summed E-state index contributed by atoms with van der Waals surface area (Å²) in [6.45, 7) is 8.47. The Kier molecular flexibility index (Phi) is 5.12. The first-order valence-corrected chi connectivity index (χ1v) is 7.66. The zero-order valence-electron chi connectivity index (χ0n) is 12.8. The van der Waals surface area contributed by atoms with Crippen molar-refractivity contribution < 1.29 is 0 Å². The number of hydrogen-bond donors (Lipinski definition) is 1. The molecule has 4 heteroatoms. The lowest BCUT2D eigenvalue weighted by Crippen LogP contribution is -2.16. The van der Waals surface area contributed by atoms with Gasteiger partial charge in [0.2, 0.25) is 0 Å². The predicted molar refractivity (Wildman–Crippen MR) is 83.5 cm³/mol. The van der Waals surface area contributed by atoms with Gasteiger partial charge in [-0.25, -0.2) is 4.98 Å². The van der Waals surface area contributed by atoms with Crippen LogP contribution < -0.4 is 5.73 Å². The highest BCUT2D eigenvalue weighted by Crippen LogP contribution is 2.22. The van der Waals surface area contributed by atoms with Gasteiger partial charge in [-0.1, -0.05) is 13.8 Å². The molecule has 0 bridgehead atoms. The molecule has 2 aromatic rings. The van der Waals surface area contributed by atoms with Gasteiger partial charge < -0.3 is 10.3 Å². The number of nitrogens with zero attached hydrogens (tertiary/aromatic N) is 3. The Hall–Kier alpha value is -1.42. The van der Waals surface area contributed by atoms with Crippen LogP contribution in [0.3, 0.4) is 0 Å². The molecule has 0 spiro atoms. The van der Waals surface area contributed by atoms with Gasteiger partial charge in [-0.15, -0.1) is 0 Å². The van der Waals surface area contributed by atoms with Crippen LogP contribution in [-0.2, 0) is 13.0 Å². The summed E-state index contributed by atoms with van der Waals surface area (Å²) in [4.78, 5) is 8.91. The highest BCUT2D eigenvalue weighted by Gasteiger charge is 2.15. The van der Waals surface area contributed by atoms with Crippen LogP contribution in [0.4, 0.5) is 0 Å². The first kappa shape index (κ1) is 15.0. The summed E-state index contributed by atoms with van der Waals surface area (Å²) < 4.78 is 2.30. The van der Waals surface area contributed by atoms with Crippen molar-refractivity contribution in [2.24, 2.45) is 17.6 Å². The van der Waals surface area contributed by atoms with Crippen molar-refractivity contribution in [1.82, 2.24) is 14.5 Å². The van der Waals surface area contributed by atoms with Crippen LogP contribution in [0.25, 0.3) is 11.0 Å². The van der Waals surface area contributed by atoms with E-state index in [2.05, 4.69) is 36.4 Å². The molecular weight excluding hydrogens is 248 g/mol. The topological polar surface area (TPSA) is 56.7 Å². The minimum atomic E-state index is 0.680.